The van der Waals surface area contributed by atoms with Crippen LogP contribution in [-0.4, -0.2) is 10.1 Å². The monoisotopic (exact) mass is 268 g/mol. The van der Waals surface area contributed by atoms with E-state index < -0.39 is 0 Å². The summed E-state index contributed by atoms with van der Waals surface area (Å²) in [5.41, 5.74) is 1.04. The average Bonchev–Trinajstić information content (AvgIpc) is 2.70. The van der Waals surface area contributed by atoms with Gasteiger partial charge in [-0.2, -0.15) is 0 Å². The molecule has 2 aromatic rings. The molecule has 1 aromatic carbocycles. The normalized spacial score (nSPS) is 10.7. The van der Waals surface area contributed by atoms with Crippen LogP contribution in [0.3, 0.4) is 0 Å². The van der Waals surface area contributed by atoms with Crippen molar-refractivity contribution in [1.82, 2.24) is 10.3 Å². The number of aryl methyl sites for hydroxylation is 1. The molecule has 1 aromatic heterocycles. The Balaban J connectivity index is 1.87. The molecule has 0 fully saturated rings. The summed E-state index contributed by atoms with van der Waals surface area (Å²) < 4.78 is 0. The molecule has 0 saturated heterocycles. The van der Waals surface area contributed by atoms with E-state index in [1.54, 1.807) is 23.5 Å². The Morgan fingerprint density at radius 1 is 1.41 bits per heavy atom. The Morgan fingerprint density at radius 3 is 2.88 bits per heavy atom. The molecule has 0 aliphatic heterocycles. The lowest BCUT2D eigenvalue weighted by Crippen LogP contribution is -2.12. The smallest absolute Gasteiger partial charge is 0.134 e. The lowest BCUT2D eigenvalue weighted by molar-refractivity contribution is 0.475. The Kier molecular flexibility index (Phi) is 3.99. The van der Waals surface area contributed by atoms with Crippen molar-refractivity contribution in [2.45, 2.75) is 20.0 Å². The van der Waals surface area contributed by atoms with Crippen LogP contribution in [0.1, 0.15) is 15.4 Å². The summed E-state index contributed by atoms with van der Waals surface area (Å²) in [6.45, 7) is 3.50. The first-order valence-electron chi connectivity index (χ1n) is 5.24. The maximum Gasteiger partial charge on any atom is 0.134 e. The Bertz CT molecular complexity index is 513. The molecule has 5 heteroatoms. The Morgan fingerprint density at radius 2 is 2.24 bits per heavy atom. The predicted molar refractivity (Wildman–Crippen MR) is 70.5 cm³/mol. The molecule has 0 amide bonds. The first-order chi connectivity index (χ1) is 8.15. The van der Waals surface area contributed by atoms with Gasteiger partial charge in [0.15, 0.2) is 0 Å². The van der Waals surface area contributed by atoms with Crippen LogP contribution in [0, 0.1) is 6.92 Å². The molecular weight excluding hydrogens is 256 g/mol. The minimum absolute atomic E-state index is 0.117. The molecule has 0 aliphatic rings. The third-order valence-electron chi connectivity index (χ3n) is 2.29. The number of halogens is 1. The van der Waals surface area contributed by atoms with Gasteiger partial charge in [-0.25, -0.2) is 4.98 Å². The third-order valence-corrected chi connectivity index (χ3v) is 3.50. The average molecular weight is 269 g/mol. The van der Waals surface area contributed by atoms with Crippen molar-refractivity contribution in [3.8, 4) is 5.75 Å². The van der Waals surface area contributed by atoms with E-state index in [-0.39, 0.29) is 5.75 Å². The summed E-state index contributed by atoms with van der Waals surface area (Å²) in [6, 6.07) is 5.21. The van der Waals surface area contributed by atoms with E-state index >= 15 is 0 Å². The minimum Gasteiger partial charge on any atom is -0.506 e. The number of hydrogen-bond donors (Lipinski definition) is 2. The molecule has 0 radical (unpaired) electrons. The number of benzene rings is 1. The fourth-order valence-corrected chi connectivity index (χ4v) is 2.42. The van der Waals surface area contributed by atoms with E-state index in [2.05, 4.69) is 10.3 Å². The largest absolute Gasteiger partial charge is 0.506 e. The second-order valence-electron chi connectivity index (χ2n) is 3.75. The lowest BCUT2D eigenvalue weighted by Gasteiger charge is -2.04. The van der Waals surface area contributed by atoms with Gasteiger partial charge in [-0.15, -0.1) is 11.3 Å². The number of thiazole rings is 1. The van der Waals surface area contributed by atoms with Gasteiger partial charge in [0.1, 0.15) is 10.8 Å². The van der Waals surface area contributed by atoms with Crippen LogP contribution in [0.25, 0.3) is 0 Å². The summed E-state index contributed by atoms with van der Waals surface area (Å²) in [7, 11) is 0. The van der Waals surface area contributed by atoms with Gasteiger partial charge in [-0.3, -0.25) is 0 Å². The number of phenolic OH excluding ortho intramolecular Hbond substituents is 1. The zero-order valence-electron chi connectivity index (χ0n) is 9.40. The van der Waals surface area contributed by atoms with Crippen LogP contribution in [0.4, 0.5) is 0 Å². The van der Waals surface area contributed by atoms with Gasteiger partial charge >= 0.3 is 0 Å². The van der Waals surface area contributed by atoms with Crippen LogP contribution in [0.2, 0.25) is 5.02 Å². The van der Waals surface area contributed by atoms with Crippen molar-refractivity contribution in [1.29, 1.82) is 0 Å². The zero-order valence-corrected chi connectivity index (χ0v) is 11.0. The van der Waals surface area contributed by atoms with Crippen molar-refractivity contribution < 1.29 is 5.11 Å². The van der Waals surface area contributed by atoms with E-state index in [0.29, 0.717) is 11.6 Å². The van der Waals surface area contributed by atoms with E-state index in [1.165, 1.54) is 4.88 Å². The molecule has 0 spiro atoms. The highest BCUT2D eigenvalue weighted by Gasteiger charge is 2.01. The number of aromatic hydroxyl groups is 1. The van der Waals surface area contributed by atoms with E-state index in [0.717, 1.165) is 17.1 Å². The first-order valence-corrected chi connectivity index (χ1v) is 6.44. The number of nitrogens with one attached hydrogen (secondary N) is 1. The van der Waals surface area contributed by atoms with Gasteiger partial charge in [-0.05, 0) is 24.6 Å². The van der Waals surface area contributed by atoms with E-state index in [4.69, 9.17) is 11.6 Å². The summed E-state index contributed by atoms with van der Waals surface area (Å²) in [5, 5.41) is 14.0. The minimum atomic E-state index is 0.117. The second-order valence-corrected chi connectivity index (χ2v) is 5.48. The van der Waals surface area contributed by atoms with Crippen LogP contribution in [0.5, 0.6) is 5.75 Å². The standard InChI is InChI=1S/C12H13ClN2OS/c1-8-5-15-12(17-8)7-14-6-9-2-3-11(16)10(13)4-9/h2-5,14,16H,6-7H2,1H3. The maximum atomic E-state index is 9.29. The predicted octanol–water partition coefficient (Wildman–Crippen LogP) is 3.10. The van der Waals surface area contributed by atoms with Crippen molar-refractivity contribution in [2.24, 2.45) is 0 Å². The zero-order chi connectivity index (χ0) is 12.3. The fourth-order valence-electron chi connectivity index (χ4n) is 1.46. The van der Waals surface area contributed by atoms with Crippen molar-refractivity contribution in [2.75, 3.05) is 0 Å². The highest BCUT2D eigenvalue weighted by molar-refractivity contribution is 7.11. The lowest BCUT2D eigenvalue weighted by atomic mass is 10.2. The summed E-state index contributed by atoms with van der Waals surface area (Å²) in [5.74, 6) is 0.117. The Hall–Kier alpha value is -1.10. The quantitative estimate of drug-likeness (QED) is 0.896. The molecule has 0 atom stereocenters. The van der Waals surface area contributed by atoms with Gasteiger partial charge in [-0.1, -0.05) is 17.7 Å². The number of aromatic nitrogens is 1. The van der Waals surface area contributed by atoms with Crippen LogP contribution in [0.15, 0.2) is 24.4 Å². The highest BCUT2D eigenvalue weighted by atomic mass is 35.5. The van der Waals surface area contributed by atoms with Gasteiger partial charge in [0.25, 0.3) is 0 Å². The van der Waals surface area contributed by atoms with Gasteiger partial charge in [0.05, 0.1) is 5.02 Å². The molecule has 0 bridgehead atoms. The number of phenols is 1. The highest BCUT2D eigenvalue weighted by Crippen LogP contribution is 2.23. The fraction of sp³-hybridized carbons (Fsp3) is 0.250. The summed E-state index contributed by atoms with van der Waals surface area (Å²) >= 11 is 7.51. The van der Waals surface area contributed by atoms with Gasteiger partial charge in [0.2, 0.25) is 0 Å². The molecule has 0 saturated carbocycles. The molecule has 2 rings (SSSR count). The van der Waals surface area contributed by atoms with Crippen LogP contribution >= 0.6 is 22.9 Å². The maximum absolute atomic E-state index is 9.29. The van der Waals surface area contributed by atoms with Gasteiger partial charge < -0.3 is 10.4 Å². The molecule has 2 N–H and O–H groups in total. The molecule has 0 aliphatic carbocycles. The van der Waals surface area contributed by atoms with Crippen molar-refractivity contribution in [3.63, 3.8) is 0 Å². The van der Waals surface area contributed by atoms with Crippen molar-refractivity contribution in [3.05, 3.63) is 44.9 Å². The van der Waals surface area contributed by atoms with Gasteiger partial charge in [0, 0.05) is 24.2 Å². The third kappa shape index (κ3) is 3.43. The topological polar surface area (TPSA) is 45.2 Å². The SMILES string of the molecule is Cc1cnc(CNCc2ccc(O)c(Cl)c2)s1. The van der Waals surface area contributed by atoms with E-state index in [9.17, 15) is 5.11 Å². The molecular formula is C12H13ClN2OS. The number of nitrogens with zero attached hydrogens (tertiary/aromatic N) is 1. The second kappa shape index (κ2) is 5.49. The van der Waals surface area contributed by atoms with Crippen molar-refractivity contribution >= 4 is 22.9 Å². The summed E-state index contributed by atoms with van der Waals surface area (Å²) in [6.07, 6.45) is 1.87. The molecule has 0 unspecified atom stereocenters. The summed E-state index contributed by atoms with van der Waals surface area (Å²) in [4.78, 5) is 5.49. The number of rotatable bonds is 4. The van der Waals surface area contributed by atoms with Crippen LogP contribution in [-0.2, 0) is 13.1 Å². The Labute approximate surface area is 109 Å². The molecule has 17 heavy (non-hydrogen) atoms. The number of hydrogen-bond acceptors (Lipinski definition) is 4. The van der Waals surface area contributed by atoms with E-state index in [1.807, 2.05) is 19.2 Å². The first kappa shape index (κ1) is 12.4. The molecule has 90 valence electrons. The van der Waals surface area contributed by atoms with Crippen LogP contribution < -0.4 is 5.32 Å². The molecule has 3 nitrogen and oxygen atoms in total. The molecule has 1 heterocycles.